The van der Waals surface area contributed by atoms with E-state index in [-0.39, 0.29) is 11.8 Å². The van der Waals surface area contributed by atoms with Gasteiger partial charge >= 0.3 is 0 Å². The van der Waals surface area contributed by atoms with Crippen LogP contribution in [0.1, 0.15) is 35.1 Å². The third-order valence-corrected chi connectivity index (χ3v) is 8.63. The van der Waals surface area contributed by atoms with Crippen LogP contribution in [0.4, 0.5) is 5.69 Å². The third kappa shape index (κ3) is 4.52. The first-order valence-corrected chi connectivity index (χ1v) is 12.1. The highest BCUT2D eigenvalue weighted by atomic mass is 35.5. The van der Waals surface area contributed by atoms with Gasteiger partial charge in [-0.1, -0.05) is 29.3 Å². The Morgan fingerprint density at radius 3 is 2.10 bits per heavy atom. The van der Waals surface area contributed by atoms with Gasteiger partial charge < -0.3 is 5.32 Å². The number of piperidine rings is 1. The first-order chi connectivity index (χ1) is 14.0. The Morgan fingerprint density at radius 1 is 1.00 bits per heavy atom. The van der Waals surface area contributed by atoms with Gasteiger partial charge in [0.1, 0.15) is 0 Å². The van der Waals surface area contributed by atoms with Crippen LogP contribution in [-0.2, 0) is 14.8 Å². The van der Waals surface area contributed by atoms with Crippen LogP contribution in [0.5, 0.6) is 0 Å². The summed E-state index contributed by atoms with van der Waals surface area (Å²) in [6.07, 6.45) is 0.915. The van der Waals surface area contributed by atoms with Crippen molar-refractivity contribution in [3.63, 3.8) is 0 Å². The van der Waals surface area contributed by atoms with Gasteiger partial charge in [-0.3, -0.25) is 4.79 Å². The van der Waals surface area contributed by atoms with Crippen molar-refractivity contribution in [3.05, 3.63) is 56.6 Å². The molecule has 2 aromatic rings. The van der Waals surface area contributed by atoms with Gasteiger partial charge in [0.25, 0.3) is 0 Å². The second kappa shape index (κ2) is 8.87. The average Bonchev–Trinajstić information content (AvgIpc) is 2.68. The normalized spacial score (nSPS) is 15.9. The van der Waals surface area contributed by atoms with Gasteiger partial charge in [0.2, 0.25) is 15.9 Å². The van der Waals surface area contributed by atoms with Crippen LogP contribution in [0.3, 0.4) is 0 Å². The summed E-state index contributed by atoms with van der Waals surface area (Å²) in [5.74, 6) is -0.431. The Balaban J connectivity index is 1.73. The SMILES string of the molecule is Cc1cc(C)c(C)c(S(=O)(=O)N2CCC(C(=O)Nc3ccc(Cl)cc3Cl)CC2)c1C. The number of carbonyl (C=O) groups is 1. The molecule has 0 aliphatic carbocycles. The standard InChI is InChI=1S/C22H26Cl2N2O3S/c1-13-11-14(2)16(4)21(15(13)3)30(28,29)26-9-7-17(8-10-26)22(27)25-20-6-5-18(23)12-19(20)24/h5-6,11-12,17H,7-10H2,1-4H3,(H,25,27). The predicted molar refractivity (Wildman–Crippen MR) is 122 cm³/mol. The Kier molecular flexibility index (Phi) is 6.82. The van der Waals surface area contributed by atoms with Gasteiger partial charge in [-0.05, 0) is 81.0 Å². The van der Waals surface area contributed by atoms with E-state index in [9.17, 15) is 13.2 Å². The molecular formula is C22H26Cl2N2O3S. The van der Waals surface area contributed by atoms with E-state index in [0.29, 0.717) is 46.6 Å². The van der Waals surface area contributed by atoms with Crippen molar-refractivity contribution in [2.24, 2.45) is 5.92 Å². The molecule has 5 nitrogen and oxygen atoms in total. The number of amides is 1. The smallest absolute Gasteiger partial charge is 0.243 e. The minimum Gasteiger partial charge on any atom is -0.325 e. The van der Waals surface area contributed by atoms with Gasteiger partial charge in [-0.2, -0.15) is 4.31 Å². The van der Waals surface area contributed by atoms with Crippen molar-refractivity contribution in [1.29, 1.82) is 0 Å². The molecule has 8 heteroatoms. The summed E-state index contributed by atoms with van der Waals surface area (Å²) in [5.41, 5.74) is 4.00. The van der Waals surface area contributed by atoms with Crippen molar-refractivity contribution >= 4 is 44.8 Å². The molecule has 0 radical (unpaired) electrons. The molecule has 1 fully saturated rings. The van der Waals surface area contributed by atoms with Gasteiger partial charge in [0.05, 0.1) is 15.6 Å². The molecule has 1 saturated heterocycles. The van der Waals surface area contributed by atoms with E-state index in [1.54, 1.807) is 18.2 Å². The molecule has 0 bridgehead atoms. The number of rotatable bonds is 4. The van der Waals surface area contributed by atoms with Gasteiger partial charge in [0.15, 0.2) is 0 Å². The van der Waals surface area contributed by atoms with Crippen LogP contribution < -0.4 is 5.32 Å². The average molecular weight is 469 g/mol. The van der Waals surface area contributed by atoms with Crippen molar-refractivity contribution in [2.75, 3.05) is 18.4 Å². The molecule has 1 aliphatic heterocycles. The second-order valence-electron chi connectivity index (χ2n) is 7.88. The maximum Gasteiger partial charge on any atom is 0.243 e. The molecule has 2 aromatic carbocycles. The number of hydrogen-bond donors (Lipinski definition) is 1. The molecule has 0 unspecified atom stereocenters. The fourth-order valence-electron chi connectivity index (χ4n) is 3.88. The number of aryl methyl sites for hydroxylation is 2. The number of hydrogen-bond acceptors (Lipinski definition) is 3. The van der Waals surface area contributed by atoms with Crippen LogP contribution >= 0.6 is 23.2 Å². The van der Waals surface area contributed by atoms with E-state index >= 15 is 0 Å². The molecule has 3 rings (SSSR count). The van der Waals surface area contributed by atoms with Crippen LogP contribution in [0.25, 0.3) is 0 Å². The quantitative estimate of drug-likeness (QED) is 0.664. The van der Waals surface area contributed by atoms with Crippen molar-refractivity contribution < 1.29 is 13.2 Å². The minimum atomic E-state index is -3.62. The summed E-state index contributed by atoms with van der Waals surface area (Å²) in [5, 5.41) is 3.69. The highest BCUT2D eigenvalue weighted by Gasteiger charge is 2.34. The summed E-state index contributed by atoms with van der Waals surface area (Å²) in [6, 6.07) is 6.91. The molecule has 1 amide bonds. The lowest BCUT2D eigenvalue weighted by Gasteiger charge is -2.32. The zero-order valence-corrected chi connectivity index (χ0v) is 19.9. The molecule has 1 aliphatic rings. The monoisotopic (exact) mass is 468 g/mol. The number of carbonyl (C=O) groups excluding carboxylic acids is 1. The molecule has 0 aromatic heterocycles. The predicted octanol–water partition coefficient (Wildman–Crippen LogP) is 5.27. The van der Waals surface area contributed by atoms with E-state index in [1.807, 2.05) is 33.8 Å². The molecule has 0 atom stereocenters. The molecular weight excluding hydrogens is 443 g/mol. The summed E-state index contributed by atoms with van der Waals surface area (Å²) in [7, 11) is -3.62. The zero-order valence-electron chi connectivity index (χ0n) is 17.6. The molecule has 30 heavy (non-hydrogen) atoms. The van der Waals surface area contributed by atoms with Gasteiger partial charge in [0, 0.05) is 24.0 Å². The molecule has 0 spiro atoms. The fourth-order valence-corrected chi connectivity index (χ4v) is 6.38. The Labute approximate surface area is 188 Å². The van der Waals surface area contributed by atoms with Gasteiger partial charge in [-0.15, -0.1) is 0 Å². The van der Waals surface area contributed by atoms with Crippen LogP contribution in [0, 0.1) is 33.6 Å². The summed E-state index contributed by atoms with van der Waals surface area (Å²) >= 11 is 12.0. The van der Waals surface area contributed by atoms with Crippen LogP contribution in [-0.4, -0.2) is 31.7 Å². The van der Waals surface area contributed by atoms with Crippen molar-refractivity contribution in [1.82, 2.24) is 4.31 Å². The summed E-state index contributed by atoms with van der Waals surface area (Å²) < 4.78 is 28.2. The largest absolute Gasteiger partial charge is 0.325 e. The lowest BCUT2D eigenvalue weighted by molar-refractivity contribution is -0.120. The number of sulfonamides is 1. The zero-order chi connectivity index (χ0) is 22.2. The molecule has 1 heterocycles. The third-order valence-electron chi connectivity index (χ3n) is 5.91. The van der Waals surface area contributed by atoms with Crippen molar-refractivity contribution in [3.8, 4) is 0 Å². The second-order valence-corrected chi connectivity index (χ2v) is 10.6. The molecule has 1 N–H and O–H groups in total. The number of benzene rings is 2. The lowest BCUT2D eigenvalue weighted by atomic mass is 9.97. The fraction of sp³-hybridized carbons (Fsp3) is 0.409. The van der Waals surface area contributed by atoms with E-state index in [4.69, 9.17) is 23.2 Å². The maximum absolute atomic E-state index is 13.4. The lowest BCUT2D eigenvalue weighted by Crippen LogP contribution is -2.41. The topological polar surface area (TPSA) is 66.5 Å². The molecule has 0 saturated carbocycles. The number of nitrogens with one attached hydrogen (secondary N) is 1. The van der Waals surface area contributed by atoms with Crippen LogP contribution in [0.15, 0.2) is 29.2 Å². The van der Waals surface area contributed by atoms with Crippen LogP contribution in [0.2, 0.25) is 10.0 Å². The van der Waals surface area contributed by atoms with Crippen molar-refractivity contribution in [2.45, 2.75) is 45.4 Å². The van der Waals surface area contributed by atoms with Gasteiger partial charge in [-0.25, -0.2) is 8.42 Å². The summed E-state index contributed by atoms with van der Waals surface area (Å²) in [6.45, 7) is 8.18. The highest BCUT2D eigenvalue weighted by molar-refractivity contribution is 7.89. The van der Waals surface area contributed by atoms with E-state index in [2.05, 4.69) is 5.32 Å². The first kappa shape index (κ1) is 23.1. The number of anilines is 1. The minimum absolute atomic E-state index is 0.157. The number of halogens is 2. The molecule has 162 valence electrons. The Hall–Kier alpha value is -1.60. The first-order valence-electron chi connectivity index (χ1n) is 9.86. The Morgan fingerprint density at radius 2 is 1.57 bits per heavy atom. The number of nitrogens with zero attached hydrogens (tertiary/aromatic N) is 1. The highest BCUT2D eigenvalue weighted by Crippen LogP contribution is 2.32. The maximum atomic E-state index is 13.4. The van der Waals surface area contributed by atoms with E-state index < -0.39 is 10.0 Å². The Bertz CT molecular complexity index is 1070. The van der Waals surface area contributed by atoms with E-state index in [0.717, 1.165) is 22.3 Å². The van der Waals surface area contributed by atoms with E-state index in [1.165, 1.54) is 4.31 Å². The summed E-state index contributed by atoms with van der Waals surface area (Å²) in [4.78, 5) is 13.1.